The third-order valence-corrected chi connectivity index (χ3v) is 3.15. The van der Waals surface area contributed by atoms with E-state index in [2.05, 4.69) is 21.1 Å². The van der Waals surface area contributed by atoms with E-state index in [0.29, 0.717) is 17.0 Å². The summed E-state index contributed by atoms with van der Waals surface area (Å²) in [5.41, 5.74) is 2.02. The quantitative estimate of drug-likeness (QED) is 0.942. The number of carboxylic acid groups (broad SMARTS) is 1. The number of carbonyl (C=O) groups is 1. The van der Waals surface area contributed by atoms with Crippen molar-refractivity contribution in [2.45, 2.75) is 6.92 Å². The average molecular weight is 312 g/mol. The molecule has 2 aromatic rings. The molecular formula is C12H10BrNO4. The number of rotatable bonds is 3. The van der Waals surface area contributed by atoms with Crippen LogP contribution in [0.4, 0.5) is 0 Å². The fourth-order valence-corrected chi connectivity index (χ4v) is 2.17. The molecule has 1 heterocycles. The summed E-state index contributed by atoms with van der Waals surface area (Å²) < 4.78 is 10.8. The van der Waals surface area contributed by atoms with Gasteiger partial charge in [0, 0.05) is 10.5 Å². The summed E-state index contributed by atoms with van der Waals surface area (Å²) in [6.07, 6.45) is 0. The van der Waals surface area contributed by atoms with Crippen molar-refractivity contribution in [3.8, 4) is 17.0 Å². The lowest BCUT2D eigenvalue weighted by molar-refractivity contribution is 0.0652. The second-order valence-electron chi connectivity index (χ2n) is 3.65. The molecule has 0 saturated carbocycles. The summed E-state index contributed by atoms with van der Waals surface area (Å²) in [5, 5.41) is 12.6. The van der Waals surface area contributed by atoms with Crippen molar-refractivity contribution < 1.29 is 19.2 Å². The van der Waals surface area contributed by atoms with E-state index in [9.17, 15) is 4.79 Å². The molecule has 0 spiro atoms. The molecule has 0 unspecified atom stereocenters. The van der Waals surface area contributed by atoms with Crippen LogP contribution in [0, 0.1) is 6.92 Å². The number of halogens is 1. The lowest BCUT2D eigenvalue weighted by Gasteiger charge is -2.10. The number of aromatic carboxylic acids is 1. The highest BCUT2D eigenvalue weighted by Crippen LogP contribution is 2.38. The molecule has 18 heavy (non-hydrogen) atoms. The highest BCUT2D eigenvalue weighted by Gasteiger charge is 2.19. The van der Waals surface area contributed by atoms with Crippen molar-refractivity contribution >= 4 is 21.9 Å². The molecular weight excluding hydrogens is 302 g/mol. The van der Waals surface area contributed by atoms with Crippen molar-refractivity contribution in [3.63, 3.8) is 0 Å². The predicted molar refractivity (Wildman–Crippen MR) is 67.9 cm³/mol. The van der Waals surface area contributed by atoms with Crippen LogP contribution in [-0.4, -0.2) is 23.3 Å². The summed E-state index contributed by atoms with van der Waals surface area (Å²) in [6, 6.07) is 5.11. The van der Waals surface area contributed by atoms with E-state index in [1.54, 1.807) is 7.11 Å². The highest BCUT2D eigenvalue weighted by atomic mass is 79.9. The van der Waals surface area contributed by atoms with Crippen LogP contribution < -0.4 is 4.74 Å². The van der Waals surface area contributed by atoms with Crippen LogP contribution in [0.15, 0.2) is 27.2 Å². The zero-order chi connectivity index (χ0) is 13.3. The van der Waals surface area contributed by atoms with Gasteiger partial charge in [0.15, 0.2) is 0 Å². The molecule has 0 amide bonds. The first-order valence-corrected chi connectivity index (χ1v) is 5.87. The maximum atomic E-state index is 10.8. The Morgan fingerprint density at radius 2 is 2.22 bits per heavy atom. The molecule has 1 aromatic heterocycles. The Morgan fingerprint density at radius 3 is 2.78 bits per heavy atom. The van der Waals surface area contributed by atoms with E-state index >= 15 is 0 Å². The molecule has 0 saturated heterocycles. The highest BCUT2D eigenvalue weighted by molar-refractivity contribution is 9.10. The Balaban J connectivity index is 2.62. The number of benzene rings is 1. The Bertz CT molecular complexity index is 606. The molecule has 1 N–H and O–H groups in total. The SMILES string of the molecule is COc1c(C)ccc(Br)c1-c1cc(C(=O)O)on1. The van der Waals surface area contributed by atoms with E-state index < -0.39 is 5.97 Å². The van der Waals surface area contributed by atoms with Gasteiger partial charge in [-0.25, -0.2) is 4.79 Å². The first-order chi connectivity index (χ1) is 8.54. The molecule has 0 fully saturated rings. The Morgan fingerprint density at radius 1 is 1.50 bits per heavy atom. The van der Waals surface area contributed by atoms with Crippen molar-refractivity contribution in [2.24, 2.45) is 0 Å². The van der Waals surface area contributed by atoms with Crippen LogP contribution in [0.2, 0.25) is 0 Å². The molecule has 0 aliphatic rings. The number of nitrogens with zero attached hydrogens (tertiary/aromatic N) is 1. The normalized spacial score (nSPS) is 10.4. The fraction of sp³-hybridized carbons (Fsp3) is 0.167. The smallest absolute Gasteiger partial charge is 0.374 e. The first kappa shape index (κ1) is 12.6. The molecule has 94 valence electrons. The molecule has 0 aliphatic heterocycles. The predicted octanol–water partition coefficient (Wildman–Crippen LogP) is 3.12. The minimum atomic E-state index is -1.16. The van der Waals surface area contributed by atoms with Crippen LogP contribution in [0.5, 0.6) is 5.75 Å². The third-order valence-electron chi connectivity index (χ3n) is 2.48. The van der Waals surface area contributed by atoms with Gasteiger partial charge in [0.25, 0.3) is 0 Å². The van der Waals surface area contributed by atoms with E-state index in [0.717, 1.165) is 10.0 Å². The maximum Gasteiger partial charge on any atom is 0.374 e. The molecule has 1 aromatic carbocycles. The van der Waals surface area contributed by atoms with Crippen LogP contribution in [0.25, 0.3) is 11.3 Å². The zero-order valence-electron chi connectivity index (χ0n) is 9.73. The average Bonchev–Trinajstić information content (AvgIpc) is 2.81. The van der Waals surface area contributed by atoms with Crippen LogP contribution >= 0.6 is 15.9 Å². The lowest BCUT2D eigenvalue weighted by atomic mass is 10.1. The van der Waals surface area contributed by atoms with Gasteiger partial charge < -0.3 is 14.4 Å². The Hall–Kier alpha value is -1.82. The van der Waals surface area contributed by atoms with Gasteiger partial charge in [-0.1, -0.05) is 11.2 Å². The van der Waals surface area contributed by atoms with Crippen LogP contribution in [0.1, 0.15) is 16.1 Å². The third kappa shape index (κ3) is 2.11. The number of aryl methyl sites for hydroxylation is 1. The standard InChI is InChI=1S/C12H10BrNO4/c1-6-3-4-7(13)10(11(6)17-2)8-5-9(12(15)16)18-14-8/h3-5H,1-2H3,(H,15,16). The maximum absolute atomic E-state index is 10.8. The zero-order valence-corrected chi connectivity index (χ0v) is 11.3. The molecule has 0 bridgehead atoms. The van der Waals surface area contributed by atoms with Crippen molar-refractivity contribution in [2.75, 3.05) is 7.11 Å². The summed E-state index contributed by atoms with van der Waals surface area (Å²) >= 11 is 3.40. The van der Waals surface area contributed by atoms with E-state index in [-0.39, 0.29) is 5.76 Å². The Labute approximate surface area is 111 Å². The van der Waals surface area contributed by atoms with Gasteiger partial charge in [0.2, 0.25) is 5.76 Å². The largest absolute Gasteiger partial charge is 0.496 e. The van der Waals surface area contributed by atoms with Crippen LogP contribution in [-0.2, 0) is 0 Å². The number of aromatic nitrogens is 1. The summed E-state index contributed by atoms with van der Waals surface area (Å²) in [6.45, 7) is 1.90. The minimum absolute atomic E-state index is 0.208. The van der Waals surface area contributed by atoms with E-state index in [1.807, 2.05) is 19.1 Å². The summed E-state index contributed by atoms with van der Waals surface area (Å²) in [4.78, 5) is 10.8. The topological polar surface area (TPSA) is 72.6 Å². The van der Waals surface area contributed by atoms with Crippen molar-refractivity contribution in [1.82, 2.24) is 5.16 Å². The van der Waals surface area contributed by atoms with Gasteiger partial charge in [0.05, 0.1) is 12.7 Å². The number of carboxylic acids is 1. The molecule has 5 nitrogen and oxygen atoms in total. The van der Waals surface area contributed by atoms with Crippen molar-refractivity contribution in [3.05, 3.63) is 34.0 Å². The van der Waals surface area contributed by atoms with Gasteiger partial charge in [-0.15, -0.1) is 0 Å². The van der Waals surface area contributed by atoms with Gasteiger partial charge in [0.1, 0.15) is 11.4 Å². The molecule has 2 rings (SSSR count). The van der Waals surface area contributed by atoms with E-state index in [1.165, 1.54) is 6.07 Å². The number of ether oxygens (including phenoxy) is 1. The monoisotopic (exact) mass is 311 g/mol. The number of hydrogen-bond donors (Lipinski definition) is 1. The number of methoxy groups -OCH3 is 1. The molecule has 0 radical (unpaired) electrons. The number of hydrogen-bond acceptors (Lipinski definition) is 4. The Kier molecular flexibility index (Phi) is 3.38. The van der Waals surface area contributed by atoms with Crippen LogP contribution in [0.3, 0.4) is 0 Å². The first-order valence-electron chi connectivity index (χ1n) is 5.08. The van der Waals surface area contributed by atoms with Gasteiger partial charge >= 0.3 is 5.97 Å². The van der Waals surface area contributed by atoms with Gasteiger partial charge in [-0.3, -0.25) is 0 Å². The summed E-state index contributed by atoms with van der Waals surface area (Å²) in [5.74, 6) is -0.730. The summed E-state index contributed by atoms with van der Waals surface area (Å²) in [7, 11) is 1.55. The second-order valence-corrected chi connectivity index (χ2v) is 4.51. The lowest BCUT2D eigenvalue weighted by Crippen LogP contribution is -1.93. The second kappa shape index (κ2) is 4.81. The van der Waals surface area contributed by atoms with Crippen molar-refractivity contribution in [1.29, 1.82) is 0 Å². The van der Waals surface area contributed by atoms with E-state index in [4.69, 9.17) is 14.4 Å². The minimum Gasteiger partial charge on any atom is -0.496 e. The molecule has 0 atom stereocenters. The van der Waals surface area contributed by atoms with Gasteiger partial charge in [-0.05, 0) is 34.5 Å². The molecule has 0 aliphatic carbocycles. The van der Waals surface area contributed by atoms with Gasteiger partial charge in [-0.2, -0.15) is 0 Å². The molecule has 6 heteroatoms. The fourth-order valence-electron chi connectivity index (χ4n) is 1.66.